The quantitative estimate of drug-likeness (QED) is 0.767. The van der Waals surface area contributed by atoms with E-state index in [0.29, 0.717) is 12.1 Å². The number of aromatic nitrogens is 1. The fourth-order valence-electron chi connectivity index (χ4n) is 1.68. The second kappa shape index (κ2) is 6.15. The maximum Gasteiger partial charge on any atom is 0.254 e. The largest absolute Gasteiger partial charge is 0.337 e. The van der Waals surface area contributed by atoms with Crippen molar-refractivity contribution in [2.75, 3.05) is 7.05 Å². The van der Waals surface area contributed by atoms with Gasteiger partial charge in [0.1, 0.15) is 0 Å². The first-order valence-electron chi connectivity index (χ1n) is 5.58. The van der Waals surface area contributed by atoms with Crippen molar-refractivity contribution in [2.45, 2.75) is 13.5 Å². The molecule has 0 atom stereocenters. The number of nitrogens with zero attached hydrogens (tertiary/aromatic N) is 2. The Morgan fingerprint density at radius 3 is 2.47 bits per heavy atom. The van der Waals surface area contributed by atoms with Gasteiger partial charge in [-0.3, -0.25) is 4.79 Å². The van der Waals surface area contributed by atoms with E-state index in [-0.39, 0.29) is 5.91 Å². The Morgan fingerprint density at radius 2 is 1.95 bits per heavy atom. The van der Waals surface area contributed by atoms with Gasteiger partial charge in [0.05, 0.1) is 11.6 Å². The summed E-state index contributed by atoms with van der Waals surface area (Å²) in [7, 11) is 1.80. The summed E-state index contributed by atoms with van der Waals surface area (Å²) in [5, 5.41) is 1.01. The van der Waals surface area contributed by atoms with E-state index < -0.39 is 0 Å². The predicted octanol–water partition coefficient (Wildman–Crippen LogP) is 4.25. The molecule has 1 aromatic carbocycles. The molecular weight excluding hydrogens is 392 g/mol. The zero-order valence-electron chi connectivity index (χ0n) is 10.5. The number of hydrogen-bond acceptors (Lipinski definition) is 3. The van der Waals surface area contributed by atoms with Gasteiger partial charge in [0.15, 0.2) is 0 Å². The van der Waals surface area contributed by atoms with Gasteiger partial charge in [0.2, 0.25) is 0 Å². The molecule has 2 aromatic rings. The second-order valence-corrected chi connectivity index (χ2v) is 7.32. The number of carbonyl (C=O) groups excluding carboxylic acids is 1. The van der Waals surface area contributed by atoms with Crippen LogP contribution in [0.4, 0.5) is 0 Å². The maximum absolute atomic E-state index is 12.3. The number of halogens is 2. The Balaban J connectivity index is 2.14. The molecule has 0 unspecified atom stereocenters. The Labute approximate surface area is 132 Å². The van der Waals surface area contributed by atoms with Crippen LogP contribution < -0.4 is 0 Å². The van der Waals surface area contributed by atoms with Crippen LogP contribution in [-0.4, -0.2) is 22.8 Å². The van der Waals surface area contributed by atoms with Crippen LogP contribution in [0.25, 0.3) is 0 Å². The van der Waals surface area contributed by atoms with Gasteiger partial charge in [-0.2, -0.15) is 0 Å². The number of rotatable bonds is 3. The van der Waals surface area contributed by atoms with Gasteiger partial charge in [-0.15, -0.1) is 11.3 Å². The zero-order valence-corrected chi connectivity index (χ0v) is 14.5. The molecule has 1 heterocycles. The molecule has 3 nitrogen and oxygen atoms in total. The highest BCUT2D eigenvalue weighted by molar-refractivity contribution is 9.11. The molecule has 0 aliphatic rings. The molecule has 1 amide bonds. The van der Waals surface area contributed by atoms with Crippen LogP contribution in [-0.2, 0) is 6.54 Å². The summed E-state index contributed by atoms with van der Waals surface area (Å²) in [5.74, 6) is -0.00643. The number of benzene rings is 1. The van der Waals surface area contributed by atoms with Crippen molar-refractivity contribution in [3.05, 3.63) is 48.8 Å². The average Bonchev–Trinajstić information content (AvgIpc) is 2.72. The summed E-state index contributed by atoms with van der Waals surface area (Å²) in [6, 6.07) is 5.55. The van der Waals surface area contributed by atoms with Gasteiger partial charge in [-0.1, -0.05) is 31.9 Å². The standard InChI is InChI=1S/C13H12Br2N2OS/c1-8-16-6-12(19-8)7-17(2)13(18)9-3-10(14)5-11(15)4-9/h3-6H,7H2,1-2H3. The molecular formula is C13H12Br2N2OS. The van der Waals surface area contributed by atoms with Crippen LogP contribution in [0.1, 0.15) is 20.2 Å². The lowest BCUT2D eigenvalue weighted by molar-refractivity contribution is 0.0786. The monoisotopic (exact) mass is 402 g/mol. The fourth-order valence-corrected chi connectivity index (χ4v) is 3.82. The van der Waals surface area contributed by atoms with E-state index in [9.17, 15) is 4.79 Å². The summed E-state index contributed by atoms with van der Waals surface area (Å²) < 4.78 is 1.76. The topological polar surface area (TPSA) is 33.2 Å². The zero-order chi connectivity index (χ0) is 14.0. The molecule has 0 fully saturated rings. The molecule has 1 aromatic heterocycles. The van der Waals surface area contributed by atoms with E-state index in [1.807, 2.05) is 31.3 Å². The van der Waals surface area contributed by atoms with Crippen LogP contribution >= 0.6 is 43.2 Å². The molecule has 0 spiro atoms. The van der Waals surface area contributed by atoms with Gasteiger partial charge in [-0.25, -0.2) is 4.98 Å². The highest BCUT2D eigenvalue weighted by Gasteiger charge is 2.14. The van der Waals surface area contributed by atoms with Crippen LogP contribution in [0, 0.1) is 6.92 Å². The van der Waals surface area contributed by atoms with Gasteiger partial charge >= 0.3 is 0 Å². The first kappa shape index (κ1) is 14.7. The minimum atomic E-state index is -0.00643. The Hall–Kier alpha value is -0.720. The molecule has 0 saturated heterocycles. The van der Waals surface area contributed by atoms with E-state index in [0.717, 1.165) is 18.8 Å². The summed E-state index contributed by atoms with van der Waals surface area (Å²) in [6.07, 6.45) is 1.82. The summed E-state index contributed by atoms with van der Waals surface area (Å²) >= 11 is 8.40. The normalized spacial score (nSPS) is 10.5. The Kier molecular flexibility index (Phi) is 4.76. The van der Waals surface area contributed by atoms with E-state index in [1.165, 1.54) is 0 Å². The van der Waals surface area contributed by atoms with Crippen molar-refractivity contribution in [1.82, 2.24) is 9.88 Å². The van der Waals surface area contributed by atoms with Crippen LogP contribution in [0.2, 0.25) is 0 Å². The molecule has 2 rings (SSSR count). The first-order valence-corrected chi connectivity index (χ1v) is 7.99. The van der Waals surface area contributed by atoms with Crippen LogP contribution in [0.5, 0.6) is 0 Å². The summed E-state index contributed by atoms with van der Waals surface area (Å²) in [5.41, 5.74) is 0.657. The molecule has 0 radical (unpaired) electrons. The van der Waals surface area contributed by atoms with Crippen molar-refractivity contribution >= 4 is 49.1 Å². The van der Waals surface area contributed by atoms with E-state index in [4.69, 9.17) is 0 Å². The SMILES string of the molecule is Cc1ncc(CN(C)C(=O)c2cc(Br)cc(Br)c2)s1. The third-order valence-corrected chi connectivity index (χ3v) is 4.33. The number of aryl methyl sites for hydroxylation is 1. The lowest BCUT2D eigenvalue weighted by atomic mass is 10.2. The minimum absolute atomic E-state index is 0.00643. The van der Waals surface area contributed by atoms with Crippen molar-refractivity contribution < 1.29 is 4.79 Å². The Bertz CT molecular complexity index is 592. The summed E-state index contributed by atoms with van der Waals surface area (Å²) in [4.78, 5) is 19.3. The smallest absolute Gasteiger partial charge is 0.254 e. The lowest BCUT2D eigenvalue weighted by Gasteiger charge is -2.16. The molecule has 0 saturated carbocycles. The molecule has 19 heavy (non-hydrogen) atoms. The molecule has 0 aliphatic heterocycles. The molecule has 0 N–H and O–H groups in total. The van der Waals surface area contributed by atoms with Crippen LogP contribution in [0.15, 0.2) is 33.3 Å². The molecule has 0 bridgehead atoms. The first-order chi connectivity index (χ1) is 8.95. The van der Waals surface area contributed by atoms with Crippen molar-refractivity contribution in [1.29, 1.82) is 0 Å². The van der Waals surface area contributed by atoms with Gasteiger partial charge < -0.3 is 4.90 Å². The second-order valence-electron chi connectivity index (χ2n) is 4.16. The van der Waals surface area contributed by atoms with E-state index >= 15 is 0 Å². The van der Waals surface area contributed by atoms with Crippen LogP contribution in [0.3, 0.4) is 0 Å². The molecule has 100 valence electrons. The maximum atomic E-state index is 12.3. The summed E-state index contributed by atoms with van der Waals surface area (Å²) in [6.45, 7) is 2.54. The minimum Gasteiger partial charge on any atom is -0.337 e. The fraction of sp³-hybridized carbons (Fsp3) is 0.231. The van der Waals surface area contributed by atoms with Crippen molar-refractivity contribution in [3.8, 4) is 0 Å². The van der Waals surface area contributed by atoms with Gasteiger partial charge in [0, 0.05) is 32.6 Å². The number of hydrogen-bond donors (Lipinski definition) is 0. The van der Waals surface area contributed by atoms with E-state index in [1.54, 1.807) is 23.3 Å². The third kappa shape index (κ3) is 3.87. The van der Waals surface area contributed by atoms with Gasteiger partial charge in [0.25, 0.3) is 5.91 Å². The number of carbonyl (C=O) groups is 1. The number of thiazole rings is 1. The van der Waals surface area contributed by atoms with Crippen molar-refractivity contribution in [3.63, 3.8) is 0 Å². The highest BCUT2D eigenvalue weighted by Crippen LogP contribution is 2.22. The predicted molar refractivity (Wildman–Crippen MR) is 84.5 cm³/mol. The number of amides is 1. The molecule has 6 heteroatoms. The molecule has 0 aliphatic carbocycles. The lowest BCUT2D eigenvalue weighted by Crippen LogP contribution is -2.25. The average molecular weight is 404 g/mol. The van der Waals surface area contributed by atoms with Crippen molar-refractivity contribution in [2.24, 2.45) is 0 Å². The Morgan fingerprint density at radius 1 is 1.32 bits per heavy atom. The third-order valence-electron chi connectivity index (χ3n) is 2.52. The van der Waals surface area contributed by atoms with Gasteiger partial charge in [-0.05, 0) is 25.1 Å². The van der Waals surface area contributed by atoms with E-state index in [2.05, 4.69) is 36.8 Å². The highest BCUT2D eigenvalue weighted by atomic mass is 79.9.